The quantitative estimate of drug-likeness (QED) is 0.836. The minimum Gasteiger partial charge on any atom is -0.482 e. The summed E-state index contributed by atoms with van der Waals surface area (Å²) in [5.74, 6) is -0.0456. The summed E-state index contributed by atoms with van der Waals surface area (Å²) in [7, 11) is 1.77. The maximum absolute atomic E-state index is 12.1. The molecule has 0 aromatic heterocycles. The van der Waals surface area contributed by atoms with Crippen molar-refractivity contribution in [2.24, 2.45) is 5.73 Å². The molecule has 3 N–H and O–H groups in total. The number of anilines is 2. The van der Waals surface area contributed by atoms with Crippen LogP contribution in [0.1, 0.15) is 12.8 Å². The molecule has 1 heterocycles. The molecule has 0 radical (unpaired) electrons. The molecule has 0 spiro atoms. The van der Waals surface area contributed by atoms with E-state index in [1.807, 2.05) is 6.07 Å². The van der Waals surface area contributed by atoms with E-state index in [-0.39, 0.29) is 24.8 Å². The summed E-state index contributed by atoms with van der Waals surface area (Å²) < 4.78 is 5.32. The Hall–Kier alpha value is -2.08. The molecule has 0 atom stereocenters. The number of imide groups is 1. The lowest BCUT2D eigenvalue weighted by atomic mass is 10.2. The Balaban J connectivity index is 2.33. The fourth-order valence-electron chi connectivity index (χ4n) is 1.95. The Labute approximate surface area is 111 Å². The summed E-state index contributed by atoms with van der Waals surface area (Å²) in [4.78, 5) is 25.2. The summed E-state index contributed by atoms with van der Waals surface area (Å²) >= 11 is 0. The van der Waals surface area contributed by atoms with E-state index in [4.69, 9.17) is 10.5 Å². The summed E-state index contributed by atoms with van der Waals surface area (Å²) in [6, 6.07) is 5.31. The molecular weight excluding hydrogens is 246 g/mol. The summed E-state index contributed by atoms with van der Waals surface area (Å²) in [5, 5.41) is 2.97. The predicted molar refractivity (Wildman–Crippen MR) is 72.3 cm³/mol. The van der Waals surface area contributed by atoms with Crippen molar-refractivity contribution >= 4 is 23.2 Å². The highest BCUT2D eigenvalue weighted by Crippen LogP contribution is 2.34. The first-order valence-electron chi connectivity index (χ1n) is 6.18. The van der Waals surface area contributed by atoms with E-state index >= 15 is 0 Å². The summed E-state index contributed by atoms with van der Waals surface area (Å²) in [5.41, 5.74) is 6.70. The Morgan fingerprint density at radius 1 is 1.53 bits per heavy atom. The number of rotatable bonds is 4. The molecule has 1 aliphatic heterocycles. The van der Waals surface area contributed by atoms with E-state index in [0.29, 0.717) is 24.4 Å². The van der Waals surface area contributed by atoms with Crippen molar-refractivity contribution < 1.29 is 14.3 Å². The fraction of sp³-hybridized carbons (Fsp3) is 0.385. The molecule has 0 unspecified atom stereocenters. The summed E-state index contributed by atoms with van der Waals surface area (Å²) in [6.45, 7) is 0.313. The maximum atomic E-state index is 12.1. The van der Waals surface area contributed by atoms with Crippen LogP contribution in [0.5, 0.6) is 5.75 Å². The Kier molecular flexibility index (Phi) is 4.01. The van der Waals surface area contributed by atoms with E-state index in [0.717, 1.165) is 5.69 Å². The van der Waals surface area contributed by atoms with Gasteiger partial charge in [-0.1, -0.05) is 0 Å². The molecule has 1 aliphatic rings. The van der Waals surface area contributed by atoms with E-state index in [9.17, 15) is 9.59 Å². The highest BCUT2D eigenvalue weighted by Gasteiger charge is 2.30. The molecule has 102 valence electrons. The van der Waals surface area contributed by atoms with Gasteiger partial charge in [0.2, 0.25) is 5.91 Å². The third-order valence-electron chi connectivity index (χ3n) is 2.93. The normalized spacial score (nSPS) is 13.8. The molecular formula is C13H17N3O3. The number of amides is 2. The van der Waals surface area contributed by atoms with Crippen LogP contribution in [0.25, 0.3) is 0 Å². The number of carbonyl (C=O) groups excluding carboxylic acids is 2. The second-order valence-corrected chi connectivity index (χ2v) is 4.24. The number of nitrogens with two attached hydrogens (primary N) is 1. The number of benzene rings is 1. The molecule has 0 saturated heterocycles. The second-order valence-electron chi connectivity index (χ2n) is 4.24. The minimum absolute atomic E-state index is 0.111. The third kappa shape index (κ3) is 2.68. The van der Waals surface area contributed by atoms with Gasteiger partial charge >= 0.3 is 0 Å². The molecule has 19 heavy (non-hydrogen) atoms. The van der Waals surface area contributed by atoms with Crippen LogP contribution in [-0.2, 0) is 9.59 Å². The molecule has 1 aromatic rings. The molecule has 0 aliphatic carbocycles. The minimum atomic E-state index is -0.345. The van der Waals surface area contributed by atoms with E-state index in [2.05, 4.69) is 5.32 Å². The second kappa shape index (κ2) is 5.71. The molecule has 6 nitrogen and oxygen atoms in total. The lowest BCUT2D eigenvalue weighted by Crippen LogP contribution is -2.43. The molecule has 6 heteroatoms. The number of hydrogen-bond donors (Lipinski definition) is 2. The zero-order valence-electron chi connectivity index (χ0n) is 10.8. The van der Waals surface area contributed by atoms with Gasteiger partial charge in [0.1, 0.15) is 5.75 Å². The van der Waals surface area contributed by atoms with Crippen LogP contribution in [0, 0.1) is 0 Å². The van der Waals surface area contributed by atoms with E-state index in [1.54, 1.807) is 19.2 Å². The van der Waals surface area contributed by atoms with Crippen LogP contribution in [0.3, 0.4) is 0 Å². The molecule has 2 rings (SSSR count). The van der Waals surface area contributed by atoms with Crippen molar-refractivity contribution in [2.75, 3.05) is 30.4 Å². The van der Waals surface area contributed by atoms with Gasteiger partial charge in [0.05, 0.1) is 5.69 Å². The van der Waals surface area contributed by atoms with Crippen molar-refractivity contribution in [1.29, 1.82) is 0 Å². The first-order chi connectivity index (χ1) is 9.17. The van der Waals surface area contributed by atoms with Crippen LogP contribution in [-0.4, -0.2) is 32.0 Å². The smallest absolute Gasteiger partial charge is 0.271 e. The fourth-order valence-corrected chi connectivity index (χ4v) is 1.95. The Bertz CT molecular complexity index is 502. The Morgan fingerprint density at radius 2 is 2.32 bits per heavy atom. The van der Waals surface area contributed by atoms with Crippen LogP contribution < -0.4 is 20.7 Å². The van der Waals surface area contributed by atoms with Gasteiger partial charge < -0.3 is 15.8 Å². The van der Waals surface area contributed by atoms with Gasteiger partial charge in [0.15, 0.2) is 6.61 Å². The summed E-state index contributed by atoms with van der Waals surface area (Å²) in [6.07, 6.45) is 0.815. The van der Waals surface area contributed by atoms with Crippen molar-refractivity contribution in [3.8, 4) is 5.75 Å². The van der Waals surface area contributed by atoms with Crippen LogP contribution in [0.2, 0.25) is 0 Å². The number of nitrogens with zero attached hydrogens (tertiary/aromatic N) is 1. The van der Waals surface area contributed by atoms with Gasteiger partial charge in [-0.2, -0.15) is 0 Å². The first kappa shape index (κ1) is 13.4. The number of hydrogen-bond acceptors (Lipinski definition) is 5. The van der Waals surface area contributed by atoms with E-state index in [1.165, 1.54) is 4.90 Å². The number of fused-ring (bicyclic) bond motifs is 1. The maximum Gasteiger partial charge on any atom is 0.271 e. The van der Waals surface area contributed by atoms with Gasteiger partial charge in [0.25, 0.3) is 5.91 Å². The number of nitrogens with one attached hydrogen (secondary N) is 1. The van der Waals surface area contributed by atoms with Crippen molar-refractivity contribution in [1.82, 2.24) is 0 Å². The lowest BCUT2D eigenvalue weighted by Gasteiger charge is -2.28. The third-order valence-corrected chi connectivity index (χ3v) is 2.93. The zero-order chi connectivity index (χ0) is 13.8. The highest BCUT2D eigenvalue weighted by atomic mass is 16.5. The zero-order valence-corrected chi connectivity index (χ0v) is 10.8. The largest absolute Gasteiger partial charge is 0.482 e. The molecule has 0 fully saturated rings. The van der Waals surface area contributed by atoms with Gasteiger partial charge in [-0.25, -0.2) is 4.90 Å². The molecule has 0 saturated carbocycles. The molecule has 0 bridgehead atoms. The lowest BCUT2D eigenvalue weighted by molar-refractivity contribution is -0.128. The van der Waals surface area contributed by atoms with E-state index < -0.39 is 0 Å². The van der Waals surface area contributed by atoms with Crippen molar-refractivity contribution in [3.05, 3.63) is 18.2 Å². The Morgan fingerprint density at radius 3 is 3.00 bits per heavy atom. The standard InChI is InChI=1S/C13H17N3O3/c1-15-9-4-5-11-10(7-9)16(13(18)8-19-11)12(17)3-2-6-14/h4-5,7,15H,2-3,6,8,14H2,1H3. The predicted octanol–water partition coefficient (Wildman–Crippen LogP) is 0.719. The van der Waals surface area contributed by atoms with Gasteiger partial charge in [-0.15, -0.1) is 0 Å². The molecule has 2 amide bonds. The molecule has 1 aromatic carbocycles. The topological polar surface area (TPSA) is 84.7 Å². The van der Waals surface area contributed by atoms with Crippen molar-refractivity contribution in [2.45, 2.75) is 12.8 Å². The average Bonchev–Trinajstić information content (AvgIpc) is 2.43. The van der Waals surface area contributed by atoms with Crippen molar-refractivity contribution in [3.63, 3.8) is 0 Å². The van der Waals surface area contributed by atoms with Crippen LogP contribution in [0.4, 0.5) is 11.4 Å². The first-order valence-corrected chi connectivity index (χ1v) is 6.18. The SMILES string of the molecule is CNc1ccc2c(c1)N(C(=O)CCCN)C(=O)CO2. The van der Waals surface area contributed by atoms with Gasteiger partial charge in [-0.3, -0.25) is 9.59 Å². The van der Waals surface area contributed by atoms with Crippen LogP contribution in [0.15, 0.2) is 18.2 Å². The highest BCUT2D eigenvalue weighted by molar-refractivity contribution is 6.17. The van der Waals surface area contributed by atoms with Crippen LogP contribution >= 0.6 is 0 Å². The van der Waals surface area contributed by atoms with Gasteiger partial charge in [-0.05, 0) is 31.2 Å². The van der Waals surface area contributed by atoms with Gasteiger partial charge in [0, 0.05) is 19.2 Å². The number of ether oxygens (including phenoxy) is 1. The monoisotopic (exact) mass is 263 g/mol. The average molecular weight is 263 g/mol. The number of carbonyl (C=O) groups is 2.